The Bertz CT molecular complexity index is 294. The van der Waals surface area contributed by atoms with E-state index in [1.165, 1.54) is 4.88 Å². The van der Waals surface area contributed by atoms with E-state index >= 15 is 0 Å². The summed E-state index contributed by atoms with van der Waals surface area (Å²) in [6.45, 7) is 5.69. The van der Waals surface area contributed by atoms with Crippen molar-refractivity contribution in [3.63, 3.8) is 0 Å². The zero-order chi connectivity index (χ0) is 9.26. The average molecular weight is 261 g/mol. The highest BCUT2D eigenvalue weighted by Crippen LogP contribution is 2.35. The van der Waals surface area contributed by atoms with Gasteiger partial charge in [-0.05, 0) is 41.6 Å². The molecule has 1 aromatic rings. The van der Waals surface area contributed by atoms with E-state index in [0.29, 0.717) is 5.92 Å². The highest BCUT2D eigenvalue weighted by molar-refractivity contribution is 9.11. The van der Waals surface area contributed by atoms with Crippen molar-refractivity contribution in [1.82, 2.24) is 4.98 Å². The van der Waals surface area contributed by atoms with E-state index in [4.69, 9.17) is 4.74 Å². The van der Waals surface area contributed by atoms with Crippen molar-refractivity contribution in [3.8, 4) is 0 Å². The van der Waals surface area contributed by atoms with Gasteiger partial charge in [-0.15, -0.1) is 11.3 Å². The average Bonchev–Trinajstić information content (AvgIpc) is 2.47. The number of aromatic nitrogens is 1. The lowest BCUT2D eigenvalue weighted by atomic mass is 9.98. The van der Waals surface area contributed by atoms with Crippen molar-refractivity contribution in [2.75, 3.05) is 13.2 Å². The zero-order valence-corrected chi connectivity index (χ0v) is 9.66. The predicted octanol–water partition coefficient (Wildman–Crippen LogP) is 2.98. The van der Waals surface area contributed by atoms with Crippen molar-refractivity contribution in [2.45, 2.75) is 18.8 Å². The summed E-state index contributed by atoms with van der Waals surface area (Å²) in [4.78, 5) is 5.60. The highest BCUT2D eigenvalue weighted by atomic mass is 79.9. The first-order valence-corrected chi connectivity index (χ1v) is 5.94. The Morgan fingerprint density at radius 1 is 1.46 bits per heavy atom. The molecule has 0 unspecified atom stereocenters. The Morgan fingerprint density at radius 3 is 2.69 bits per heavy atom. The molecule has 0 spiro atoms. The lowest BCUT2D eigenvalue weighted by molar-refractivity contribution is 0.0859. The molecule has 1 aromatic heterocycles. The van der Waals surface area contributed by atoms with E-state index < -0.39 is 0 Å². The van der Waals surface area contributed by atoms with E-state index in [1.54, 1.807) is 11.3 Å². The number of hydrogen-bond acceptors (Lipinski definition) is 3. The molecule has 0 aliphatic carbocycles. The topological polar surface area (TPSA) is 22.1 Å². The van der Waals surface area contributed by atoms with Gasteiger partial charge in [-0.25, -0.2) is 4.98 Å². The molecule has 1 saturated heterocycles. The maximum Gasteiger partial charge on any atom is 0.159 e. The van der Waals surface area contributed by atoms with Crippen LogP contribution >= 0.6 is 27.3 Å². The fraction of sp³-hybridized carbons (Fsp3) is 0.556. The molecule has 0 atom stereocenters. The van der Waals surface area contributed by atoms with Crippen LogP contribution in [0.5, 0.6) is 0 Å². The van der Waals surface area contributed by atoms with Crippen molar-refractivity contribution in [3.05, 3.63) is 21.4 Å². The molecular formula is C9H11BrNOS. The van der Waals surface area contributed by atoms with Crippen LogP contribution in [0.15, 0.2) is 3.92 Å². The summed E-state index contributed by atoms with van der Waals surface area (Å²) in [7, 11) is 0. The van der Waals surface area contributed by atoms with E-state index in [0.717, 1.165) is 35.7 Å². The number of thiazole rings is 1. The molecule has 0 saturated carbocycles. The van der Waals surface area contributed by atoms with Crippen LogP contribution in [0.3, 0.4) is 0 Å². The van der Waals surface area contributed by atoms with E-state index in [-0.39, 0.29) is 0 Å². The minimum absolute atomic E-state index is 0.616. The monoisotopic (exact) mass is 260 g/mol. The third-order valence-electron chi connectivity index (χ3n) is 2.29. The molecule has 0 amide bonds. The van der Waals surface area contributed by atoms with Gasteiger partial charge in [-0.1, -0.05) is 0 Å². The second kappa shape index (κ2) is 4.07. The second-order valence-corrected chi connectivity index (χ2v) is 5.47. The molecular weight excluding hydrogens is 250 g/mol. The third kappa shape index (κ3) is 2.11. The summed E-state index contributed by atoms with van der Waals surface area (Å²) in [5.41, 5.74) is 0.934. The summed E-state index contributed by atoms with van der Waals surface area (Å²) in [6.07, 6.45) is 2.22. The third-order valence-corrected chi connectivity index (χ3v) is 4.01. The highest BCUT2D eigenvalue weighted by Gasteiger charge is 2.20. The van der Waals surface area contributed by atoms with Crippen molar-refractivity contribution in [1.29, 1.82) is 0 Å². The molecule has 1 aliphatic rings. The van der Waals surface area contributed by atoms with Gasteiger partial charge in [0.2, 0.25) is 0 Å². The Morgan fingerprint density at radius 2 is 2.15 bits per heavy atom. The SMILES string of the molecule is [CH2]c1nc(Br)sc1C1CCOCC1. The lowest BCUT2D eigenvalue weighted by Crippen LogP contribution is -2.13. The molecule has 71 valence electrons. The molecule has 0 bridgehead atoms. The summed E-state index contributed by atoms with van der Waals surface area (Å²) < 4.78 is 6.26. The maximum atomic E-state index is 5.32. The molecule has 1 aliphatic heterocycles. The normalized spacial score (nSPS) is 19.2. The first kappa shape index (κ1) is 9.62. The van der Waals surface area contributed by atoms with Crippen molar-refractivity contribution < 1.29 is 4.74 Å². The van der Waals surface area contributed by atoms with Crippen LogP contribution < -0.4 is 0 Å². The Balaban J connectivity index is 2.18. The molecule has 1 fully saturated rings. The molecule has 1 radical (unpaired) electrons. The van der Waals surface area contributed by atoms with E-state index in [2.05, 4.69) is 27.8 Å². The minimum atomic E-state index is 0.616. The second-order valence-electron chi connectivity index (χ2n) is 3.16. The number of hydrogen-bond donors (Lipinski definition) is 0. The van der Waals surface area contributed by atoms with Gasteiger partial charge in [0.05, 0.1) is 5.69 Å². The predicted molar refractivity (Wildman–Crippen MR) is 57.1 cm³/mol. The molecule has 13 heavy (non-hydrogen) atoms. The Hall–Kier alpha value is 0.0700. The number of nitrogens with zero attached hydrogens (tertiary/aromatic N) is 1. The molecule has 2 rings (SSSR count). The summed E-state index contributed by atoms with van der Waals surface area (Å²) in [5, 5.41) is 0. The van der Waals surface area contributed by atoms with Crippen LogP contribution in [-0.2, 0) is 4.74 Å². The van der Waals surface area contributed by atoms with Gasteiger partial charge in [0.15, 0.2) is 3.92 Å². The molecule has 4 heteroatoms. The van der Waals surface area contributed by atoms with Crippen LogP contribution in [0.25, 0.3) is 0 Å². The van der Waals surface area contributed by atoms with Gasteiger partial charge in [0.25, 0.3) is 0 Å². The number of rotatable bonds is 1. The smallest absolute Gasteiger partial charge is 0.159 e. The summed E-state index contributed by atoms with van der Waals surface area (Å²) >= 11 is 5.09. The Labute approximate surface area is 90.5 Å². The molecule has 0 aromatic carbocycles. The van der Waals surface area contributed by atoms with Crippen molar-refractivity contribution >= 4 is 27.3 Å². The van der Waals surface area contributed by atoms with Crippen LogP contribution in [-0.4, -0.2) is 18.2 Å². The van der Waals surface area contributed by atoms with Gasteiger partial charge in [0.1, 0.15) is 0 Å². The van der Waals surface area contributed by atoms with Gasteiger partial charge in [-0.2, -0.15) is 0 Å². The first-order chi connectivity index (χ1) is 6.27. The fourth-order valence-corrected chi connectivity index (χ4v) is 3.25. The van der Waals surface area contributed by atoms with Gasteiger partial charge >= 0.3 is 0 Å². The van der Waals surface area contributed by atoms with Crippen LogP contribution in [0.2, 0.25) is 0 Å². The quantitative estimate of drug-likeness (QED) is 0.775. The van der Waals surface area contributed by atoms with Crippen LogP contribution in [0, 0.1) is 6.92 Å². The van der Waals surface area contributed by atoms with Gasteiger partial charge < -0.3 is 4.74 Å². The molecule has 2 heterocycles. The largest absolute Gasteiger partial charge is 0.381 e. The fourth-order valence-electron chi connectivity index (χ4n) is 1.61. The van der Waals surface area contributed by atoms with Crippen molar-refractivity contribution in [2.24, 2.45) is 0 Å². The summed E-state index contributed by atoms with van der Waals surface area (Å²) in [6, 6.07) is 0. The van der Waals surface area contributed by atoms with Gasteiger partial charge in [-0.3, -0.25) is 0 Å². The van der Waals surface area contributed by atoms with Crippen LogP contribution in [0.1, 0.15) is 29.3 Å². The number of halogens is 1. The zero-order valence-electron chi connectivity index (χ0n) is 7.25. The van der Waals surface area contributed by atoms with Gasteiger partial charge in [0, 0.05) is 18.1 Å². The molecule has 2 nitrogen and oxygen atoms in total. The Kier molecular flexibility index (Phi) is 3.01. The minimum Gasteiger partial charge on any atom is -0.381 e. The molecule has 0 N–H and O–H groups in total. The first-order valence-electron chi connectivity index (χ1n) is 4.33. The number of ether oxygens (including phenoxy) is 1. The van der Waals surface area contributed by atoms with E-state index in [1.807, 2.05) is 0 Å². The van der Waals surface area contributed by atoms with Crippen LogP contribution in [0.4, 0.5) is 0 Å². The maximum absolute atomic E-state index is 5.32. The lowest BCUT2D eigenvalue weighted by Gasteiger charge is -2.20. The summed E-state index contributed by atoms with van der Waals surface area (Å²) in [5.74, 6) is 0.616. The standard InChI is InChI=1S/C9H11BrNOS/c1-6-8(13-9(10)11-6)7-2-4-12-5-3-7/h7H,1-5H2. The van der Waals surface area contributed by atoms with E-state index in [9.17, 15) is 0 Å².